The van der Waals surface area contributed by atoms with Gasteiger partial charge >= 0.3 is 0 Å². The quantitative estimate of drug-likeness (QED) is 0.885. The van der Waals surface area contributed by atoms with E-state index in [0.717, 1.165) is 22.4 Å². The second-order valence-electron chi connectivity index (χ2n) is 6.05. The van der Waals surface area contributed by atoms with Gasteiger partial charge in [-0.2, -0.15) is 0 Å². The highest BCUT2D eigenvalue weighted by atomic mass is 16.2. The summed E-state index contributed by atoms with van der Waals surface area (Å²) in [5.74, 6) is -0.356. The molecule has 1 aliphatic heterocycles. The Morgan fingerprint density at radius 1 is 0.957 bits per heavy atom. The first kappa shape index (κ1) is 15.3. The number of rotatable bonds is 3. The second-order valence-corrected chi connectivity index (χ2v) is 6.05. The maximum Gasteiger partial charge on any atom is 0.256 e. The van der Waals surface area contributed by atoms with Crippen molar-refractivity contribution in [1.82, 2.24) is 0 Å². The zero-order chi connectivity index (χ0) is 16.6. The largest absolute Gasteiger partial charge is 0.373 e. The maximum absolute atomic E-state index is 12.7. The summed E-state index contributed by atoms with van der Waals surface area (Å²) in [5, 5.41) is 3.20. The molecular weight excluding hydrogens is 288 g/mol. The molecule has 0 spiro atoms. The summed E-state index contributed by atoms with van der Waals surface area (Å²) < 4.78 is 0. The van der Waals surface area contributed by atoms with Crippen molar-refractivity contribution in [3.8, 4) is 0 Å². The third-order valence-corrected chi connectivity index (χ3v) is 4.37. The molecule has 2 aromatic rings. The number of amides is 2. The van der Waals surface area contributed by atoms with E-state index in [1.54, 1.807) is 0 Å². The van der Waals surface area contributed by atoms with Crippen LogP contribution in [0, 0.1) is 20.8 Å². The van der Waals surface area contributed by atoms with Crippen LogP contribution in [0.25, 0.3) is 0 Å². The van der Waals surface area contributed by atoms with E-state index in [1.807, 2.05) is 63.2 Å². The molecule has 0 aromatic heterocycles. The van der Waals surface area contributed by atoms with Crippen molar-refractivity contribution in [3.63, 3.8) is 0 Å². The molecule has 23 heavy (non-hydrogen) atoms. The number of hydrogen-bond acceptors (Lipinski definition) is 3. The summed E-state index contributed by atoms with van der Waals surface area (Å²) in [6.45, 7) is 5.97. The average molecular weight is 308 g/mol. The summed E-state index contributed by atoms with van der Waals surface area (Å²) in [6, 6.07) is 12.9. The Morgan fingerprint density at radius 2 is 1.70 bits per heavy atom. The zero-order valence-electron chi connectivity index (χ0n) is 13.6. The monoisotopic (exact) mass is 308 g/mol. The van der Waals surface area contributed by atoms with E-state index in [2.05, 4.69) is 5.32 Å². The minimum absolute atomic E-state index is 0.163. The summed E-state index contributed by atoms with van der Waals surface area (Å²) in [7, 11) is 0. The molecule has 2 aromatic carbocycles. The third kappa shape index (κ3) is 2.84. The molecule has 0 radical (unpaired) electrons. The number of benzene rings is 2. The lowest BCUT2D eigenvalue weighted by Crippen LogP contribution is -2.35. The van der Waals surface area contributed by atoms with Gasteiger partial charge in [-0.1, -0.05) is 24.3 Å². The Labute approximate surface area is 136 Å². The fraction of sp³-hybridized carbons (Fsp3) is 0.263. The van der Waals surface area contributed by atoms with E-state index >= 15 is 0 Å². The Hall–Kier alpha value is -2.62. The molecule has 1 N–H and O–H groups in total. The summed E-state index contributed by atoms with van der Waals surface area (Å²) in [4.78, 5) is 26.3. The van der Waals surface area contributed by atoms with Gasteiger partial charge in [-0.3, -0.25) is 9.59 Å². The van der Waals surface area contributed by atoms with Gasteiger partial charge in [0, 0.05) is 5.69 Å². The van der Waals surface area contributed by atoms with Gasteiger partial charge in [-0.05, 0) is 55.7 Å². The van der Waals surface area contributed by atoms with Gasteiger partial charge in [0.2, 0.25) is 5.91 Å². The lowest BCUT2D eigenvalue weighted by molar-refractivity contribution is -0.121. The van der Waals surface area contributed by atoms with Crippen LogP contribution in [-0.2, 0) is 9.59 Å². The first-order valence-electron chi connectivity index (χ1n) is 7.73. The van der Waals surface area contributed by atoms with E-state index < -0.39 is 6.04 Å². The summed E-state index contributed by atoms with van der Waals surface area (Å²) in [5.41, 5.74) is 4.80. The van der Waals surface area contributed by atoms with Crippen LogP contribution in [0.4, 0.5) is 11.4 Å². The first-order chi connectivity index (χ1) is 11.0. The fourth-order valence-corrected chi connectivity index (χ4v) is 2.80. The Balaban J connectivity index is 1.85. The number of nitrogens with one attached hydrogen (secondary N) is 1. The van der Waals surface area contributed by atoms with Gasteiger partial charge in [0.1, 0.15) is 6.04 Å². The number of hydrogen-bond donors (Lipinski definition) is 1. The number of anilines is 2. The van der Waals surface area contributed by atoms with E-state index in [9.17, 15) is 9.59 Å². The average Bonchev–Trinajstić information content (AvgIpc) is 2.79. The van der Waals surface area contributed by atoms with Gasteiger partial charge in [0.25, 0.3) is 5.91 Å². The van der Waals surface area contributed by atoms with Crippen LogP contribution in [0.15, 0.2) is 42.5 Å². The van der Waals surface area contributed by atoms with Crippen molar-refractivity contribution in [3.05, 3.63) is 59.2 Å². The molecule has 1 heterocycles. The first-order valence-corrected chi connectivity index (χ1v) is 7.73. The number of nitrogens with zero attached hydrogens (tertiary/aromatic N) is 1. The van der Waals surface area contributed by atoms with Crippen LogP contribution >= 0.6 is 0 Å². The molecule has 0 unspecified atom stereocenters. The molecule has 118 valence electrons. The molecule has 0 bridgehead atoms. The SMILES string of the molecule is Cc1ccc(N2C(=O)C[C@@H](Nc3ccccc3C)C2=O)cc1C. The molecule has 0 aliphatic carbocycles. The molecule has 1 saturated heterocycles. The van der Waals surface area contributed by atoms with E-state index in [-0.39, 0.29) is 18.2 Å². The van der Waals surface area contributed by atoms with Gasteiger partial charge in [0.05, 0.1) is 12.1 Å². The minimum atomic E-state index is -0.509. The van der Waals surface area contributed by atoms with Crippen LogP contribution in [0.5, 0.6) is 0 Å². The van der Waals surface area contributed by atoms with Crippen LogP contribution in [0.1, 0.15) is 23.1 Å². The highest BCUT2D eigenvalue weighted by molar-refractivity contribution is 6.23. The third-order valence-electron chi connectivity index (χ3n) is 4.37. The molecule has 3 rings (SSSR count). The highest BCUT2D eigenvalue weighted by Crippen LogP contribution is 2.27. The maximum atomic E-state index is 12.7. The number of aryl methyl sites for hydroxylation is 3. The predicted molar refractivity (Wildman–Crippen MR) is 91.6 cm³/mol. The molecular formula is C19H20N2O2. The normalized spacial score (nSPS) is 17.7. The van der Waals surface area contributed by atoms with Crippen molar-refractivity contribution in [2.45, 2.75) is 33.2 Å². The van der Waals surface area contributed by atoms with Crippen LogP contribution < -0.4 is 10.2 Å². The van der Waals surface area contributed by atoms with E-state index in [1.165, 1.54) is 4.90 Å². The van der Waals surface area contributed by atoms with Crippen LogP contribution in [-0.4, -0.2) is 17.9 Å². The van der Waals surface area contributed by atoms with E-state index in [0.29, 0.717) is 5.69 Å². The van der Waals surface area contributed by atoms with Gasteiger partial charge in [-0.15, -0.1) is 0 Å². The van der Waals surface area contributed by atoms with Crippen LogP contribution in [0.3, 0.4) is 0 Å². The summed E-state index contributed by atoms with van der Waals surface area (Å²) >= 11 is 0. The number of carbonyl (C=O) groups excluding carboxylic acids is 2. The lowest BCUT2D eigenvalue weighted by Gasteiger charge is -2.18. The minimum Gasteiger partial charge on any atom is -0.373 e. The summed E-state index contributed by atoms with van der Waals surface area (Å²) in [6.07, 6.45) is 0.181. The van der Waals surface area contributed by atoms with E-state index in [4.69, 9.17) is 0 Å². The van der Waals surface area contributed by atoms with Gasteiger partial charge < -0.3 is 5.32 Å². The molecule has 2 amide bonds. The molecule has 1 fully saturated rings. The van der Waals surface area contributed by atoms with Crippen molar-refractivity contribution < 1.29 is 9.59 Å². The highest BCUT2D eigenvalue weighted by Gasteiger charge is 2.39. The van der Waals surface area contributed by atoms with Crippen molar-refractivity contribution in [2.24, 2.45) is 0 Å². The standard InChI is InChI=1S/C19H20N2O2/c1-12-8-9-15(10-14(12)3)21-18(22)11-17(19(21)23)20-16-7-5-4-6-13(16)2/h4-10,17,20H,11H2,1-3H3/t17-/m1/s1. The number of imide groups is 1. The molecule has 0 saturated carbocycles. The van der Waals surface area contributed by atoms with Crippen molar-refractivity contribution in [2.75, 3.05) is 10.2 Å². The zero-order valence-corrected chi connectivity index (χ0v) is 13.6. The van der Waals surface area contributed by atoms with Crippen LogP contribution in [0.2, 0.25) is 0 Å². The number of para-hydroxylation sites is 1. The molecule has 1 aliphatic rings. The van der Waals surface area contributed by atoms with Gasteiger partial charge in [0.15, 0.2) is 0 Å². The Bertz CT molecular complexity index is 783. The fourth-order valence-electron chi connectivity index (χ4n) is 2.80. The Morgan fingerprint density at radius 3 is 2.39 bits per heavy atom. The second kappa shape index (κ2) is 5.88. The molecule has 4 heteroatoms. The lowest BCUT2D eigenvalue weighted by atomic mass is 10.1. The smallest absolute Gasteiger partial charge is 0.256 e. The van der Waals surface area contributed by atoms with Crippen molar-refractivity contribution >= 4 is 23.2 Å². The molecule has 1 atom stereocenters. The topological polar surface area (TPSA) is 49.4 Å². The van der Waals surface area contributed by atoms with Gasteiger partial charge in [-0.25, -0.2) is 4.90 Å². The Kier molecular flexibility index (Phi) is 3.90. The van der Waals surface area contributed by atoms with Crippen molar-refractivity contribution in [1.29, 1.82) is 0 Å². The predicted octanol–water partition coefficient (Wildman–Crippen LogP) is 3.36. The number of carbonyl (C=O) groups is 2. The molecule has 4 nitrogen and oxygen atoms in total.